The molecule has 1 aliphatic heterocycles. The Balaban J connectivity index is 1.67. The normalized spacial score (nSPS) is 23.7. The van der Waals surface area contributed by atoms with E-state index in [1.54, 1.807) is 0 Å². The van der Waals surface area contributed by atoms with Crippen molar-refractivity contribution in [1.82, 2.24) is 5.32 Å². The molecule has 2 aliphatic rings. The van der Waals surface area contributed by atoms with Crippen molar-refractivity contribution in [2.45, 2.75) is 25.7 Å². The molecule has 3 heteroatoms. The van der Waals surface area contributed by atoms with Gasteiger partial charge in [0.15, 0.2) is 0 Å². The molecule has 0 bridgehead atoms. The molecule has 3 nitrogen and oxygen atoms in total. The van der Waals surface area contributed by atoms with Gasteiger partial charge in [0.25, 0.3) is 0 Å². The van der Waals surface area contributed by atoms with Crippen molar-refractivity contribution in [2.75, 3.05) is 18.4 Å². The van der Waals surface area contributed by atoms with Crippen LogP contribution in [-0.2, 0) is 4.79 Å². The Kier molecular flexibility index (Phi) is 2.35. The van der Waals surface area contributed by atoms with E-state index in [9.17, 15) is 4.79 Å². The molecule has 1 saturated carbocycles. The van der Waals surface area contributed by atoms with Gasteiger partial charge in [-0.3, -0.25) is 4.79 Å². The Labute approximate surface area is 102 Å². The van der Waals surface area contributed by atoms with E-state index < -0.39 is 0 Å². The number of fused-ring (bicyclic) bond motifs is 1. The lowest BCUT2D eigenvalue weighted by molar-refractivity contribution is -0.122. The monoisotopic (exact) mass is 230 g/mol. The standard InChI is InChI=1S/C14H18N2O/c1-14(6-7-14)9-16-13(17)11-8-15-12-5-3-2-4-10(11)12/h2-5,11,15H,6-9H2,1H3,(H,16,17). The lowest BCUT2D eigenvalue weighted by Crippen LogP contribution is -2.34. The van der Waals surface area contributed by atoms with Gasteiger partial charge in [-0.15, -0.1) is 0 Å². The Morgan fingerprint density at radius 1 is 1.47 bits per heavy atom. The summed E-state index contributed by atoms with van der Waals surface area (Å²) >= 11 is 0. The first-order valence-corrected chi connectivity index (χ1v) is 6.28. The maximum Gasteiger partial charge on any atom is 0.229 e. The van der Waals surface area contributed by atoms with E-state index in [2.05, 4.69) is 17.6 Å². The van der Waals surface area contributed by atoms with Gasteiger partial charge in [-0.1, -0.05) is 25.1 Å². The predicted octanol–water partition coefficient (Wildman–Crippen LogP) is 2.11. The second kappa shape index (κ2) is 3.76. The second-order valence-electron chi connectivity index (χ2n) is 5.55. The zero-order valence-electron chi connectivity index (χ0n) is 10.1. The number of hydrogen-bond donors (Lipinski definition) is 2. The van der Waals surface area contributed by atoms with Gasteiger partial charge in [0.2, 0.25) is 5.91 Å². The molecule has 1 aromatic rings. The summed E-state index contributed by atoms with van der Waals surface area (Å²) in [7, 11) is 0. The average Bonchev–Trinajstić information content (AvgIpc) is 2.93. The van der Waals surface area contributed by atoms with Crippen LogP contribution in [-0.4, -0.2) is 19.0 Å². The molecule has 3 rings (SSSR count). The largest absolute Gasteiger partial charge is 0.384 e. The van der Waals surface area contributed by atoms with E-state index in [0.29, 0.717) is 5.41 Å². The molecule has 2 N–H and O–H groups in total. The number of carbonyl (C=O) groups is 1. The Hall–Kier alpha value is -1.51. The third kappa shape index (κ3) is 2.02. The van der Waals surface area contributed by atoms with E-state index >= 15 is 0 Å². The van der Waals surface area contributed by atoms with Crippen LogP contribution in [0.2, 0.25) is 0 Å². The summed E-state index contributed by atoms with van der Waals surface area (Å²) in [5.74, 6) is 0.143. The topological polar surface area (TPSA) is 41.1 Å². The van der Waals surface area contributed by atoms with Gasteiger partial charge in [0, 0.05) is 18.8 Å². The minimum absolute atomic E-state index is 0.0199. The highest BCUT2D eigenvalue weighted by atomic mass is 16.1. The summed E-state index contributed by atoms with van der Waals surface area (Å²) in [6, 6.07) is 8.06. The van der Waals surface area contributed by atoms with E-state index in [1.807, 2.05) is 24.3 Å². The summed E-state index contributed by atoms with van der Waals surface area (Å²) in [5, 5.41) is 6.37. The van der Waals surface area contributed by atoms with Crippen LogP contribution in [0.3, 0.4) is 0 Å². The number of rotatable bonds is 3. The van der Waals surface area contributed by atoms with Crippen molar-refractivity contribution in [2.24, 2.45) is 5.41 Å². The quantitative estimate of drug-likeness (QED) is 0.835. The third-order valence-corrected chi connectivity index (χ3v) is 3.94. The van der Waals surface area contributed by atoms with E-state index in [0.717, 1.165) is 24.3 Å². The highest BCUT2D eigenvalue weighted by molar-refractivity contribution is 5.88. The lowest BCUT2D eigenvalue weighted by atomic mass is 10.00. The van der Waals surface area contributed by atoms with Crippen LogP contribution in [0, 0.1) is 5.41 Å². The molecule has 1 fully saturated rings. The summed E-state index contributed by atoms with van der Waals surface area (Å²) in [6.07, 6.45) is 2.49. The number of nitrogens with one attached hydrogen (secondary N) is 2. The Bertz CT molecular complexity index is 451. The van der Waals surface area contributed by atoms with E-state index in [4.69, 9.17) is 0 Å². The smallest absolute Gasteiger partial charge is 0.229 e. The van der Waals surface area contributed by atoms with Gasteiger partial charge in [-0.05, 0) is 29.9 Å². The van der Waals surface area contributed by atoms with Crippen molar-refractivity contribution in [3.05, 3.63) is 29.8 Å². The summed E-state index contributed by atoms with van der Waals surface area (Å²) in [4.78, 5) is 12.1. The third-order valence-electron chi connectivity index (χ3n) is 3.94. The number of para-hydroxylation sites is 1. The molecule has 0 aromatic heterocycles. The molecule has 90 valence electrons. The Morgan fingerprint density at radius 3 is 3.00 bits per heavy atom. The molecule has 0 saturated heterocycles. The fourth-order valence-electron chi connectivity index (χ4n) is 2.33. The maximum absolute atomic E-state index is 12.1. The summed E-state index contributed by atoms with van der Waals surface area (Å²) in [5.41, 5.74) is 2.61. The first kappa shape index (κ1) is 10.6. The first-order valence-electron chi connectivity index (χ1n) is 6.28. The van der Waals surface area contributed by atoms with Crippen molar-refractivity contribution in [1.29, 1.82) is 0 Å². The van der Waals surface area contributed by atoms with Gasteiger partial charge >= 0.3 is 0 Å². The molecule has 1 aromatic carbocycles. The molecule has 1 atom stereocenters. The van der Waals surface area contributed by atoms with Crippen LogP contribution in [0.1, 0.15) is 31.2 Å². The van der Waals surface area contributed by atoms with Gasteiger partial charge in [-0.2, -0.15) is 0 Å². The molecule has 1 unspecified atom stereocenters. The Morgan fingerprint density at radius 2 is 2.24 bits per heavy atom. The molecular formula is C14H18N2O. The highest BCUT2D eigenvalue weighted by Crippen LogP contribution is 2.44. The molecule has 1 amide bonds. The van der Waals surface area contributed by atoms with Crippen LogP contribution in [0.5, 0.6) is 0 Å². The van der Waals surface area contributed by atoms with Gasteiger partial charge in [0.05, 0.1) is 5.92 Å². The maximum atomic E-state index is 12.1. The van der Waals surface area contributed by atoms with E-state index in [1.165, 1.54) is 12.8 Å². The van der Waals surface area contributed by atoms with Crippen LogP contribution in [0.25, 0.3) is 0 Å². The van der Waals surface area contributed by atoms with Gasteiger partial charge in [-0.25, -0.2) is 0 Å². The predicted molar refractivity (Wildman–Crippen MR) is 68.0 cm³/mol. The number of anilines is 1. The number of amides is 1. The van der Waals surface area contributed by atoms with Crippen LogP contribution in [0.4, 0.5) is 5.69 Å². The molecule has 0 radical (unpaired) electrons. The molecule has 1 aliphatic carbocycles. The minimum atomic E-state index is -0.0199. The highest BCUT2D eigenvalue weighted by Gasteiger charge is 2.38. The second-order valence-corrected chi connectivity index (χ2v) is 5.55. The SMILES string of the molecule is CC1(CNC(=O)C2CNc3ccccc32)CC1. The van der Waals surface area contributed by atoms with Crippen LogP contribution < -0.4 is 10.6 Å². The summed E-state index contributed by atoms with van der Waals surface area (Å²) in [6.45, 7) is 3.78. The number of hydrogen-bond acceptors (Lipinski definition) is 2. The van der Waals surface area contributed by atoms with Crippen LogP contribution >= 0.6 is 0 Å². The van der Waals surface area contributed by atoms with E-state index in [-0.39, 0.29) is 11.8 Å². The zero-order valence-corrected chi connectivity index (χ0v) is 10.1. The molecule has 17 heavy (non-hydrogen) atoms. The van der Waals surface area contributed by atoms with Gasteiger partial charge in [0.1, 0.15) is 0 Å². The first-order chi connectivity index (χ1) is 8.18. The average molecular weight is 230 g/mol. The fraction of sp³-hybridized carbons (Fsp3) is 0.500. The molecule has 0 spiro atoms. The van der Waals surface area contributed by atoms with Crippen molar-refractivity contribution >= 4 is 11.6 Å². The fourth-order valence-corrected chi connectivity index (χ4v) is 2.33. The van der Waals surface area contributed by atoms with Crippen LogP contribution in [0.15, 0.2) is 24.3 Å². The molecule has 1 heterocycles. The summed E-state index contributed by atoms with van der Waals surface area (Å²) < 4.78 is 0. The van der Waals surface area contributed by atoms with Crippen molar-refractivity contribution < 1.29 is 4.79 Å². The molecular weight excluding hydrogens is 212 g/mol. The number of carbonyl (C=O) groups excluding carboxylic acids is 1. The number of benzene rings is 1. The van der Waals surface area contributed by atoms with Crippen molar-refractivity contribution in [3.8, 4) is 0 Å². The zero-order chi connectivity index (χ0) is 11.9. The lowest BCUT2D eigenvalue weighted by Gasteiger charge is -2.14. The minimum Gasteiger partial charge on any atom is -0.384 e. The van der Waals surface area contributed by atoms with Crippen molar-refractivity contribution in [3.63, 3.8) is 0 Å². The van der Waals surface area contributed by atoms with Gasteiger partial charge < -0.3 is 10.6 Å².